The fraction of sp³-hybridized carbons (Fsp3) is 1.00. The third-order valence-electron chi connectivity index (χ3n) is 2.52. The summed E-state index contributed by atoms with van der Waals surface area (Å²) >= 11 is 5.68. The maximum absolute atomic E-state index is 12.0. The third-order valence-corrected chi connectivity index (χ3v) is 4.77. The molecule has 0 aliphatic carbocycles. The lowest BCUT2D eigenvalue weighted by atomic mass is 10.2. The molecule has 0 aromatic carbocycles. The Hall–Kier alpha value is 0.120. The molecule has 0 amide bonds. The van der Waals surface area contributed by atoms with Crippen molar-refractivity contribution in [3.8, 4) is 0 Å². The lowest BCUT2D eigenvalue weighted by molar-refractivity contribution is -0.0153. The first-order valence-corrected chi connectivity index (χ1v) is 7.31. The number of methoxy groups -OCH3 is 1. The minimum atomic E-state index is -3.27. The summed E-state index contributed by atoms with van der Waals surface area (Å²) in [4.78, 5) is 0. The van der Waals surface area contributed by atoms with Crippen LogP contribution in [0.15, 0.2) is 0 Å². The van der Waals surface area contributed by atoms with Gasteiger partial charge in [0, 0.05) is 25.6 Å². The predicted octanol–water partition coefficient (Wildman–Crippen LogP) is 0.291. The van der Waals surface area contributed by atoms with Crippen molar-refractivity contribution in [1.82, 2.24) is 4.31 Å². The zero-order valence-electron chi connectivity index (χ0n) is 9.56. The van der Waals surface area contributed by atoms with E-state index < -0.39 is 10.0 Å². The number of hydrogen-bond acceptors (Lipinski definition) is 4. The maximum Gasteiger partial charge on any atom is 0.216 e. The first-order valence-electron chi connectivity index (χ1n) is 5.17. The van der Waals surface area contributed by atoms with Gasteiger partial charge in [-0.15, -0.1) is 11.6 Å². The number of nitrogens with zero attached hydrogens (tertiary/aromatic N) is 1. The molecule has 96 valence electrons. The van der Waals surface area contributed by atoms with Crippen molar-refractivity contribution in [2.75, 3.05) is 38.5 Å². The number of morpholine rings is 1. The molecule has 0 N–H and O–H groups in total. The van der Waals surface area contributed by atoms with Crippen LogP contribution in [0.3, 0.4) is 0 Å². The highest BCUT2D eigenvalue weighted by Crippen LogP contribution is 2.17. The predicted molar refractivity (Wildman–Crippen MR) is 62.3 cm³/mol. The van der Waals surface area contributed by atoms with Gasteiger partial charge < -0.3 is 9.47 Å². The molecule has 0 bridgehead atoms. The summed E-state index contributed by atoms with van der Waals surface area (Å²) < 4.78 is 35.6. The Balaban J connectivity index is 2.68. The molecule has 1 fully saturated rings. The van der Waals surface area contributed by atoms with E-state index in [1.165, 1.54) is 11.4 Å². The topological polar surface area (TPSA) is 55.8 Å². The van der Waals surface area contributed by atoms with Crippen molar-refractivity contribution in [2.24, 2.45) is 0 Å². The molecule has 0 saturated carbocycles. The Morgan fingerprint density at radius 3 is 2.81 bits per heavy atom. The molecule has 7 heteroatoms. The quantitative estimate of drug-likeness (QED) is 0.675. The lowest BCUT2D eigenvalue weighted by Gasteiger charge is -2.36. The van der Waals surface area contributed by atoms with Crippen LogP contribution < -0.4 is 0 Å². The van der Waals surface area contributed by atoms with Gasteiger partial charge in [0.15, 0.2) is 0 Å². The van der Waals surface area contributed by atoms with Gasteiger partial charge in [0.05, 0.1) is 25.1 Å². The van der Waals surface area contributed by atoms with Crippen LogP contribution in [0.4, 0.5) is 0 Å². The molecule has 2 unspecified atom stereocenters. The van der Waals surface area contributed by atoms with Gasteiger partial charge in [0.2, 0.25) is 10.0 Å². The largest absolute Gasteiger partial charge is 0.384 e. The van der Waals surface area contributed by atoms with E-state index in [1.54, 1.807) is 0 Å². The monoisotopic (exact) mass is 271 g/mol. The normalized spacial score (nSPS) is 28.2. The van der Waals surface area contributed by atoms with E-state index in [4.69, 9.17) is 21.1 Å². The Labute approximate surface area is 102 Å². The lowest BCUT2D eigenvalue weighted by Crippen LogP contribution is -2.52. The van der Waals surface area contributed by atoms with E-state index in [0.717, 1.165) is 0 Å². The van der Waals surface area contributed by atoms with Crippen molar-refractivity contribution in [1.29, 1.82) is 0 Å². The molecule has 1 aliphatic heterocycles. The van der Waals surface area contributed by atoms with Crippen LogP contribution in [-0.2, 0) is 19.5 Å². The highest BCUT2D eigenvalue weighted by Gasteiger charge is 2.33. The van der Waals surface area contributed by atoms with Gasteiger partial charge >= 0.3 is 0 Å². The molecule has 1 rings (SSSR count). The SMILES string of the molecule is COCCS(=O)(=O)N1CC(CCl)OCC1C. The van der Waals surface area contributed by atoms with Crippen LogP contribution in [0.25, 0.3) is 0 Å². The first kappa shape index (κ1) is 14.2. The molecule has 0 radical (unpaired) electrons. The van der Waals surface area contributed by atoms with E-state index in [2.05, 4.69) is 0 Å². The second-order valence-corrected chi connectivity index (χ2v) is 6.19. The van der Waals surface area contributed by atoms with E-state index in [0.29, 0.717) is 19.0 Å². The first-order chi connectivity index (χ1) is 7.51. The molecular formula is C9H18ClNO4S. The molecule has 1 heterocycles. The summed E-state index contributed by atoms with van der Waals surface area (Å²) in [5, 5.41) is 0. The van der Waals surface area contributed by atoms with Crippen LogP contribution in [0.1, 0.15) is 6.92 Å². The highest BCUT2D eigenvalue weighted by molar-refractivity contribution is 7.89. The summed E-state index contributed by atoms with van der Waals surface area (Å²) in [6, 6.07) is -0.138. The molecule has 1 aliphatic rings. The van der Waals surface area contributed by atoms with Crippen LogP contribution in [0.5, 0.6) is 0 Å². The van der Waals surface area contributed by atoms with Crippen LogP contribution in [0.2, 0.25) is 0 Å². The van der Waals surface area contributed by atoms with Crippen molar-refractivity contribution >= 4 is 21.6 Å². The van der Waals surface area contributed by atoms with Crippen LogP contribution >= 0.6 is 11.6 Å². The third kappa shape index (κ3) is 3.56. The zero-order chi connectivity index (χ0) is 12.2. The second-order valence-electron chi connectivity index (χ2n) is 3.84. The fourth-order valence-corrected chi connectivity index (χ4v) is 3.38. The summed E-state index contributed by atoms with van der Waals surface area (Å²) in [6.45, 7) is 2.76. The Morgan fingerprint density at radius 1 is 1.56 bits per heavy atom. The molecule has 0 aromatic rings. The average Bonchev–Trinajstić information content (AvgIpc) is 2.27. The van der Waals surface area contributed by atoms with Crippen molar-refractivity contribution in [2.45, 2.75) is 19.1 Å². The summed E-state index contributed by atoms with van der Waals surface area (Å²) in [5.41, 5.74) is 0. The van der Waals surface area contributed by atoms with Crippen molar-refractivity contribution in [3.05, 3.63) is 0 Å². The van der Waals surface area contributed by atoms with E-state index in [-0.39, 0.29) is 24.5 Å². The Kier molecular flexibility index (Phi) is 5.46. The molecule has 1 saturated heterocycles. The molecule has 2 atom stereocenters. The molecular weight excluding hydrogens is 254 g/mol. The van der Waals surface area contributed by atoms with E-state index in [9.17, 15) is 8.42 Å². The van der Waals surface area contributed by atoms with Crippen molar-refractivity contribution < 1.29 is 17.9 Å². The van der Waals surface area contributed by atoms with Gasteiger partial charge in [-0.1, -0.05) is 0 Å². The Morgan fingerprint density at radius 2 is 2.25 bits per heavy atom. The second kappa shape index (κ2) is 6.16. The number of hydrogen-bond donors (Lipinski definition) is 0. The van der Waals surface area contributed by atoms with Gasteiger partial charge in [-0.05, 0) is 6.92 Å². The smallest absolute Gasteiger partial charge is 0.216 e. The van der Waals surface area contributed by atoms with Gasteiger partial charge in [-0.2, -0.15) is 4.31 Å². The molecule has 0 aromatic heterocycles. The molecule has 16 heavy (non-hydrogen) atoms. The maximum atomic E-state index is 12.0. The minimum Gasteiger partial charge on any atom is -0.384 e. The summed E-state index contributed by atoms with van der Waals surface area (Å²) in [6.07, 6.45) is -0.213. The highest BCUT2D eigenvalue weighted by atomic mass is 35.5. The standard InChI is InChI=1S/C9H18ClNO4S/c1-8-7-15-9(5-10)6-11(8)16(12,13)4-3-14-2/h8-9H,3-7H2,1-2H3. The number of alkyl halides is 1. The average molecular weight is 272 g/mol. The van der Waals surface area contributed by atoms with Crippen LogP contribution in [0, 0.1) is 0 Å². The summed E-state index contributed by atoms with van der Waals surface area (Å²) in [5.74, 6) is 0.311. The van der Waals surface area contributed by atoms with Gasteiger partial charge in [0.25, 0.3) is 0 Å². The molecule has 5 nitrogen and oxygen atoms in total. The van der Waals surface area contributed by atoms with Crippen molar-refractivity contribution in [3.63, 3.8) is 0 Å². The Bertz CT molecular complexity index is 309. The van der Waals surface area contributed by atoms with Gasteiger partial charge in [-0.3, -0.25) is 0 Å². The van der Waals surface area contributed by atoms with Gasteiger partial charge in [0.1, 0.15) is 0 Å². The number of ether oxygens (including phenoxy) is 2. The fourth-order valence-electron chi connectivity index (χ4n) is 1.58. The minimum absolute atomic E-state index is 0.00282. The number of halogens is 1. The van der Waals surface area contributed by atoms with Gasteiger partial charge in [-0.25, -0.2) is 8.42 Å². The summed E-state index contributed by atoms with van der Waals surface area (Å²) in [7, 11) is -1.78. The van der Waals surface area contributed by atoms with Crippen LogP contribution in [-0.4, -0.2) is 63.4 Å². The van der Waals surface area contributed by atoms with E-state index in [1.807, 2.05) is 6.92 Å². The number of sulfonamides is 1. The number of rotatable bonds is 5. The molecule has 0 spiro atoms. The zero-order valence-corrected chi connectivity index (χ0v) is 11.1. The van der Waals surface area contributed by atoms with E-state index >= 15 is 0 Å².